The average Bonchev–Trinajstić information content (AvgIpc) is 2.67. The molecule has 5 nitrogen and oxygen atoms in total. The molecule has 0 unspecified atom stereocenters. The van der Waals surface area contributed by atoms with Gasteiger partial charge in [0.1, 0.15) is 5.82 Å². The predicted molar refractivity (Wildman–Crippen MR) is 114 cm³/mol. The molecule has 0 spiro atoms. The minimum absolute atomic E-state index is 0.643. The van der Waals surface area contributed by atoms with Gasteiger partial charge in [-0.25, -0.2) is 4.98 Å². The minimum Gasteiger partial charge on any atom is -0.354 e. The van der Waals surface area contributed by atoms with Crippen LogP contribution in [0.1, 0.15) is 12.0 Å². The van der Waals surface area contributed by atoms with Crippen molar-refractivity contribution >= 4 is 17.5 Å². The molecule has 1 aromatic heterocycles. The molecule has 2 aromatic carbocycles. The summed E-state index contributed by atoms with van der Waals surface area (Å²) in [5.74, 6) is 1.42. The summed E-state index contributed by atoms with van der Waals surface area (Å²) in [5.41, 5.74) is 4.21. The number of aryl methyl sites for hydroxylation is 1. The van der Waals surface area contributed by atoms with Crippen LogP contribution in [0.15, 0.2) is 60.7 Å². The summed E-state index contributed by atoms with van der Waals surface area (Å²) in [4.78, 5) is 11.5. The highest BCUT2D eigenvalue weighted by Gasteiger charge is 2.07. The van der Waals surface area contributed by atoms with Crippen LogP contribution in [0.2, 0.25) is 0 Å². The second-order valence-corrected chi connectivity index (χ2v) is 6.90. The standard InChI is InChI=1S/C22H27N5/c1-17-10-12-19(13-11-17)24-21-16-20(18-8-5-4-6-9-18)25-22(26-21)23-14-7-15-27(2)3/h4-6,8-13,16H,7,14-15H2,1-3H3,(H2,23,24,25,26). The third-order valence-corrected chi connectivity index (χ3v) is 4.18. The van der Waals surface area contributed by atoms with E-state index in [1.165, 1.54) is 5.56 Å². The van der Waals surface area contributed by atoms with Crippen LogP contribution in [-0.2, 0) is 0 Å². The molecule has 0 fully saturated rings. The second-order valence-electron chi connectivity index (χ2n) is 6.90. The van der Waals surface area contributed by atoms with Gasteiger partial charge in [-0.3, -0.25) is 0 Å². The number of rotatable bonds is 8. The third-order valence-electron chi connectivity index (χ3n) is 4.18. The van der Waals surface area contributed by atoms with Crippen LogP contribution in [0.4, 0.5) is 17.5 Å². The van der Waals surface area contributed by atoms with E-state index in [1.54, 1.807) is 0 Å². The summed E-state index contributed by atoms with van der Waals surface area (Å²) in [6.45, 7) is 3.94. The van der Waals surface area contributed by atoms with Crippen LogP contribution in [0.3, 0.4) is 0 Å². The summed E-state index contributed by atoms with van der Waals surface area (Å²) < 4.78 is 0. The van der Waals surface area contributed by atoms with Crippen molar-refractivity contribution in [2.24, 2.45) is 0 Å². The van der Waals surface area contributed by atoms with Gasteiger partial charge < -0.3 is 15.5 Å². The van der Waals surface area contributed by atoms with Gasteiger partial charge in [-0.15, -0.1) is 0 Å². The number of benzene rings is 2. The van der Waals surface area contributed by atoms with Gasteiger partial charge in [-0.05, 0) is 46.1 Å². The Hall–Kier alpha value is -2.92. The SMILES string of the molecule is Cc1ccc(Nc2cc(-c3ccccc3)nc(NCCCN(C)C)n2)cc1. The van der Waals surface area contributed by atoms with E-state index in [-0.39, 0.29) is 0 Å². The van der Waals surface area contributed by atoms with Gasteiger partial charge in [0.25, 0.3) is 0 Å². The zero-order chi connectivity index (χ0) is 19.1. The molecule has 0 aliphatic carbocycles. The smallest absolute Gasteiger partial charge is 0.225 e. The first-order valence-corrected chi connectivity index (χ1v) is 9.27. The Morgan fingerprint density at radius 2 is 1.67 bits per heavy atom. The molecule has 3 aromatic rings. The normalized spacial score (nSPS) is 10.8. The Labute approximate surface area is 161 Å². The van der Waals surface area contributed by atoms with Crippen molar-refractivity contribution in [1.29, 1.82) is 0 Å². The molecular weight excluding hydrogens is 334 g/mol. The predicted octanol–water partition coefficient (Wildman–Crippen LogP) is 4.56. The highest BCUT2D eigenvalue weighted by atomic mass is 15.1. The molecule has 3 rings (SSSR count). The molecule has 0 atom stereocenters. The number of anilines is 3. The van der Waals surface area contributed by atoms with E-state index in [1.807, 2.05) is 24.3 Å². The van der Waals surface area contributed by atoms with Crippen LogP contribution < -0.4 is 10.6 Å². The van der Waals surface area contributed by atoms with Crippen molar-refractivity contribution < 1.29 is 0 Å². The van der Waals surface area contributed by atoms with Crippen LogP contribution in [0, 0.1) is 6.92 Å². The van der Waals surface area contributed by atoms with Crippen LogP contribution in [0.25, 0.3) is 11.3 Å². The van der Waals surface area contributed by atoms with Gasteiger partial charge in [0.05, 0.1) is 5.69 Å². The Bertz CT molecular complexity index is 844. The summed E-state index contributed by atoms with van der Waals surface area (Å²) in [7, 11) is 4.16. The second kappa shape index (κ2) is 9.14. The van der Waals surface area contributed by atoms with Crippen molar-refractivity contribution in [3.63, 3.8) is 0 Å². The van der Waals surface area contributed by atoms with Crippen molar-refractivity contribution in [2.75, 3.05) is 37.8 Å². The minimum atomic E-state index is 0.643. The average molecular weight is 361 g/mol. The van der Waals surface area contributed by atoms with Crippen molar-refractivity contribution in [2.45, 2.75) is 13.3 Å². The molecule has 0 bridgehead atoms. The first-order valence-electron chi connectivity index (χ1n) is 9.27. The van der Waals surface area contributed by atoms with Gasteiger partial charge in [0, 0.05) is 23.9 Å². The topological polar surface area (TPSA) is 53.1 Å². The van der Waals surface area contributed by atoms with Crippen molar-refractivity contribution in [3.05, 3.63) is 66.2 Å². The van der Waals surface area contributed by atoms with Crippen molar-refractivity contribution in [3.8, 4) is 11.3 Å². The Balaban J connectivity index is 1.82. The van der Waals surface area contributed by atoms with Crippen molar-refractivity contribution in [1.82, 2.24) is 14.9 Å². The van der Waals surface area contributed by atoms with Crippen LogP contribution in [0.5, 0.6) is 0 Å². The zero-order valence-corrected chi connectivity index (χ0v) is 16.2. The van der Waals surface area contributed by atoms with E-state index < -0.39 is 0 Å². The molecule has 0 aliphatic heterocycles. The maximum Gasteiger partial charge on any atom is 0.225 e. The summed E-state index contributed by atoms with van der Waals surface area (Å²) in [6, 6.07) is 20.5. The van der Waals surface area contributed by atoms with E-state index in [9.17, 15) is 0 Å². The molecule has 0 amide bonds. The number of hydrogen-bond acceptors (Lipinski definition) is 5. The largest absolute Gasteiger partial charge is 0.354 e. The van der Waals surface area contributed by atoms with E-state index in [0.717, 1.165) is 42.3 Å². The molecular formula is C22H27N5. The lowest BCUT2D eigenvalue weighted by molar-refractivity contribution is 0.405. The molecule has 0 radical (unpaired) electrons. The Morgan fingerprint density at radius 3 is 2.37 bits per heavy atom. The number of nitrogens with one attached hydrogen (secondary N) is 2. The van der Waals surface area contributed by atoms with Crippen LogP contribution >= 0.6 is 0 Å². The maximum atomic E-state index is 4.70. The zero-order valence-electron chi connectivity index (χ0n) is 16.2. The Morgan fingerprint density at radius 1 is 0.926 bits per heavy atom. The van der Waals surface area contributed by atoms with E-state index in [2.05, 4.69) is 77.9 Å². The molecule has 0 saturated heterocycles. The third kappa shape index (κ3) is 5.79. The van der Waals surface area contributed by atoms with Gasteiger partial charge in [0.2, 0.25) is 5.95 Å². The van der Waals surface area contributed by atoms with Gasteiger partial charge in [-0.1, -0.05) is 48.0 Å². The van der Waals surface area contributed by atoms with Crippen LogP contribution in [-0.4, -0.2) is 42.1 Å². The molecule has 0 aliphatic rings. The number of hydrogen-bond donors (Lipinski definition) is 2. The van der Waals surface area contributed by atoms with E-state index in [0.29, 0.717) is 5.95 Å². The number of aromatic nitrogens is 2. The highest BCUT2D eigenvalue weighted by Crippen LogP contribution is 2.23. The first-order chi connectivity index (χ1) is 13.1. The molecule has 5 heteroatoms. The summed E-state index contributed by atoms with van der Waals surface area (Å²) in [6.07, 6.45) is 1.03. The summed E-state index contributed by atoms with van der Waals surface area (Å²) >= 11 is 0. The van der Waals surface area contributed by atoms with E-state index in [4.69, 9.17) is 4.98 Å². The lowest BCUT2D eigenvalue weighted by Crippen LogP contribution is -2.17. The molecule has 0 saturated carbocycles. The van der Waals surface area contributed by atoms with Gasteiger partial charge in [-0.2, -0.15) is 4.98 Å². The Kier molecular flexibility index (Phi) is 6.39. The molecule has 1 heterocycles. The van der Waals surface area contributed by atoms with E-state index >= 15 is 0 Å². The fourth-order valence-electron chi connectivity index (χ4n) is 2.73. The molecule has 2 N–H and O–H groups in total. The fourth-order valence-corrected chi connectivity index (χ4v) is 2.73. The van der Waals surface area contributed by atoms with Gasteiger partial charge in [0.15, 0.2) is 0 Å². The lowest BCUT2D eigenvalue weighted by Gasteiger charge is -2.13. The lowest BCUT2D eigenvalue weighted by atomic mass is 10.1. The fraction of sp³-hybridized carbons (Fsp3) is 0.273. The van der Waals surface area contributed by atoms with Gasteiger partial charge >= 0.3 is 0 Å². The molecule has 27 heavy (non-hydrogen) atoms. The summed E-state index contributed by atoms with van der Waals surface area (Å²) in [5, 5.41) is 6.75. The monoisotopic (exact) mass is 361 g/mol. The quantitative estimate of drug-likeness (QED) is 0.576. The maximum absolute atomic E-state index is 4.70. The highest BCUT2D eigenvalue weighted by molar-refractivity contribution is 5.67. The number of nitrogens with zero attached hydrogens (tertiary/aromatic N) is 3. The first kappa shape index (κ1) is 18.9. The molecule has 140 valence electrons.